The van der Waals surface area contributed by atoms with Gasteiger partial charge in [0.2, 0.25) is 23.6 Å². The first-order chi connectivity index (χ1) is 34.8. The molecule has 0 bridgehead atoms. The first-order valence-electron chi connectivity index (χ1n) is 22.4. The number of nitrogens with one attached hydrogen (secondary N) is 5. The minimum absolute atomic E-state index is 0.0718. The second-order valence-electron chi connectivity index (χ2n) is 16.8. The molecule has 0 radical (unpaired) electrons. The molecule has 5 rings (SSSR count). The van der Waals surface area contributed by atoms with Crippen LogP contribution in [0.2, 0.25) is 0 Å². The Bertz CT molecular complexity index is 3060. The van der Waals surface area contributed by atoms with E-state index in [1.807, 2.05) is 0 Å². The van der Waals surface area contributed by atoms with Crippen LogP contribution in [0.25, 0.3) is 33.4 Å². The molecule has 12 N–H and O–H groups in total. The largest absolute Gasteiger partial charge is 0.524 e. The molecule has 1 heterocycles. The smallest absolute Gasteiger partial charge is 0.508 e. The van der Waals surface area contributed by atoms with Gasteiger partial charge in [0.1, 0.15) is 47.0 Å². The predicted molar refractivity (Wildman–Crippen MR) is 257 cm³/mol. The molecule has 26 heteroatoms. The number of hydrogen-bond donors (Lipinski definition) is 12. The van der Waals surface area contributed by atoms with E-state index in [9.17, 15) is 87.8 Å². The molecular formula is C48H50N5O20P. The number of aromatic hydroxyl groups is 1. The Morgan fingerprint density at radius 3 is 1.86 bits per heavy atom. The van der Waals surface area contributed by atoms with Crippen molar-refractivity contribution in [3.8, 4) is 33.9 Å². The molecule has 0 spiro atoms. The molecule has 3 aromatic carbocycles. The third-order valence-electron chi connectivity index (χ3n) is 11.4. The Balaban J connectivity index is 1.40. The summed E-state index contributed by atoms with van der Waals surface area (Å²) in [4.78, 5) is 147. The van der Waals surface area contributed by atoms with Crippen molar-refractivity contribution in [1.82, 2.24) is 26.6 Å². The summed E-state index contributed by atoms with van der Waals surface area (Å²) in [6.45, 7) is 2.32. The number of phosphoric ester groups is 1. The molecule has 0 saturated carbocycles. The zero-order valence-corrected chi connectivity index (χ0v) is 40.1. The molecule has 1 aliphatic heterocycles. The summed E-state index contributed by atoms with van der Waals surface area (Å²) in [6.07, 6.45) is -2.80. The van der Waals surface area contributed by atoms with Crippen LogP contribution in [0.3, 0.4) is 0 Å². The van der Waals surface area contributed by atoms with Crippen molar-refractivity contribution in [2.75, 3.05) is 6.54 Å². The fourth-order valence-corrected chi connectivity index (χ4v) is 7.96. The summed E-state index contributed by atoms with van der Waals surface area (Å²) in [5.41, 5.74) is -0.0498. The van der Waals surface area contributed by atoms with Crippen molar-refractivity contribution in [2.24, 2.45) is 5.92 Å². The van der Waals surface area contributed by atoms with E-state index in [1.165, 1.54) is 67.6 Å². The molecular weight excluding hydrogens is 998 g/mol. The van der Waals surface area contributed by atoms with Crippen molar-refractivity contribution < 1.29 is 92.0 Å². The van der Waals surface area contributed by atoms with Gasteiger partial charge < -0.3 is 61.1 Å². The lowest BCUT2D eigenvalue weighted by Crippen LogP contribution is -2.58. The van der Waals surface area contributed by atoms with Crippen LogP contribution in [0, 0.1) is 5.92 Å². The highest BCUT2D eigenvalue weighted by molar-refractivity contribution is 7.46. The van der Waals surface area contributed by atoms with Gasteiger partial charge in [-0.05, 0) is 78.4 Å². The van der Waals surface area contributed by atoms with Crippen LogP contribution in [0.5, 0.6) is 11.5 Å². The summed E-state index contributed by atoms with van der Waals surface area (Å²) < 4.78 is 21.8. The number of aliphatic carboxylic acids is 3. The van der Waals surface area contributed by atoms with E-state index < -0.39 is 141 Å². The highest BCUT2D eigenvalue weighted by Crippen LogP contribution is 2.42. The average Bonchev–Trinajstić information content (AvgIpc) is 3.33. The van der Waals surface area contributed by atoms with E-state index in [1.54, 1.807) is 6.92 Å². The lowest BCUT2D eigenvalue weighted by atomic mass is 9.90. The van der Waals surface area contributed by atoms with E-state index >= 15 is 0 Å². The number of carbonyl (C=O) groups excluding carboxylic acids is 5. The second kappa shape index (κ2) is 24.6. The van der Waals surface area contributed by atoms with Crippen LogP contribution in [-0.2, 0) is 44.5 Å². The number of phosphoric acid groups is 1. The Labute approximate surface area is 418 Å². The van der Waals surface area contributed by atoms with Gasteiger partial charge in [-0.25, -0.2) is 14.2 Å². The lowest BCUT2D eigenvalue weighted by Gasteiger charge is -2.27. The van der Waals surface area contributed by atoms with Gasteiger partial charge in [-0.15, -0.1) is 0 Å². The summed E-state index contributed by atoms with van der Waals surface area (Å²) in [7, 11) is -5.00. The van der Waals surface area contributed by atoms with Crippen LogP contribution in [0.1, 0.15) is 72.2 Å². The Morgan fingerprint density at radius 2 is 1.30 bits per heavy atom. The molecule has 0 fully saturated rings. The van der Waals surface area contributed by atoms with Crippen molar-refractivity contribution in [1.29, 1.82) is 0 Å². The van der Waals surface area contributed by atoms with Gasteiger partial charge in [0.15, 0.2) is 5.43 Å². The number of amides is 5. The molecule has 25 nitrogen and oxygen atoms in total. The standard InChI is InChI=1S/C48H50N5O20P/c1-3-23(2)42(48(67)68)53-45(63)34(15-17-40(59)60)51-44(62)33(14-16-39(57)58)52-46(64)35(18-24-4-9-28(10-5-24)73-74(69,70)71)50-38(56)22-49-43(61)25-6-11-29(32(19-25)47(65)66)41-30-12-7-26(54)20-36(30)72-37-21-27(55)8-13-31(37)41/h4-13,19-21,23,33-35,42,54H,3,14-18,22H2,1-2H3,(H,49,61)(H,50,56)(H,51,62)(H,52,64)(H,53,63)(H,57,58)(H,59,60)(H,65,66)(H,67,68)(H2,69,70,71)/t23-,33-,34-,35-,42-/m0/s1. The van der Waals surface area contributed by atoms with Gasteiger partial charge >= 0.3 is 31.7 Å². The highest BCUT2D eigenvalue weighted by Gasteiger charge is 2.34. The van der Waals surface area contributed by atoms with Gasteiger partial charge in [-0.2, -0.15) is 0 Å². The molecule has 2 aliphatic rings. The predicted octanol–water partition coefficient (Wildman–Crippen LogP) is 2.21. The van der Waals surface area contributed by atoms with Crippen LogP contribution in [0.15, 0.2) is 88.1 Å². The minimum atomic E-state index is -5.00. The zero-order valence-electron chi connectivity index (χ0n) is 39.2. The maximum absolute atomic E-state index is 14.1. The second-order valence-corrected chi connectivity index (χ2v) is 18.0. The monoisotopic (exact) mass is 1050 g/mol. The summed E-state index contributed by atoms with van der Waals surface area (Å²) in [5.74, 6) is -12.2. The molecule has 74 heavy (non-hydrogen) atoms. The molecule has 0 aromatic heterocycles. The average molecular weight is 1050 g/mol. The van der Waals surface area contributed by atoms with Crippen LogP contribution in [-0.4, -0.2) is 119 Å². The van der Waals surface area contributed by atoms with Gasteiger partial charge in [-0.1, -0.05) is 38.5 Å². The third kappa shape index (κ3) is 15.4. The Kier molecular flexibility index (Phi) is 18.7. The SMILES string of the molecule is CC[C@H](C)[C@H](NC(=O)[C@H](CCC(=O)O)NC(=O)[C@H](CCC(=O)O)NC(=O)[C@H](Cc1ccc(OP(=O)(O)O)cc1)NC(=O)CNC(=O)c1ccc(-c2c3ccc(=O)cc-3oc3cc(O)ccc23)c(C(=O)O)c1)C(=O)O. The molecule has 3 aromatic rings. The number of benzene rings is 4. The van der Waals surface area contributed by atoms with Crippen LogP contribution < -0.4 is 36.5 Å². The molecule has 0 saturated heterocycles. The van der Waals surface area contributed by atoms with Gasteiger partial charge in [0.25, 0.3) is 5.91 Å². The molecule has 1 aliphatic carbocycles. The number of carbonyl (C=O) groups is 9. The number of rotatable bonds is 25. The van der Waals surface area contributed by atoms with E-state index in [2.05, 4.69) is 31.1 Å². The normalized spacial score (nSPS) is 13.3. The Morgan fingerprint density at radius 1 is 0.703 bits per heavy atom. The van der Waals surface area contributed by atoms with E-state index in [0.29, 0.717) is 17.4 Å². The first-order valence-corrected chi connectivity index (χ1v) is 23.9. The maximum atomic E-state index is 14.1. The fraction of sp³-hybridized carbons (Fsp3) is 0.292. The quantitative estimate of drug-likeness (QED) is 0.0294. The maximum Gasteiger partial charge on any atom is 0.524 e. The van der Waals surface area contributed by atoms with Gasteiger partial charge in [0, 0.05) is 53.5 Å². The zero-order chi connectivity index (χ0) is 54.6. The summed E-state index contributed by atoms with van der Waals surface area (Å²) in [5, 5.41) is 60.9. The fourth-order valence-electron chi connectivity index (χ4n) is 7.56. The van der Waals surface area contributed by atoms with E-state index in [-0.39, 0.29) is 45.1 Å². The number of fused-ring (bicyclic) bond motifs is 2. The highest BCUT2D eigenvalue weighted by atomic mass is 31.2. The van der Waals surface area contributed by atoms with Crippen molar-refractivity contribution in [3.05, 3.63) is 106 Å². The number of carboxylic acids is 4. The number of phenols is 1. The van der Waals surface area contributed by atoms with Crippen molar-refractivity contribution in [2.45, 2.75) is 76.5 Å². The van der Waals surface area contributed by atoms with Crippen molar-refractivity contribution in [3.63, 3.8) is 0 Å². The van der Waals surface area contributed by atoms with Crippen LogP contribution in [0.4, 0.5) is 0 Å². The third-order valence-corrected chi connectivity index (χ3v) is 11.9. The van der Waals surface area contributed by atoms with Gasteiger partial charge in [-0.3, -0.25) is 48.1 Å². The molecule has 0 unspecified atom stereocenters. The molecule has 5 atom stereocenters. The van der Waals surface area contributed by atoms with Crippen molar-refractivity contribution >= 4 is 72.2 Å². The van der Waals surface area contributed by atoms with E-state index in [4.69, 9.17) is 4.42 Å². The van der Waals surface area contributed by atoms with Gasteiger partial charge in [0.05, 0.1) is 12.1 Å². The lowest BCUT2D eigenvalue weighted by molar-refractivity contribution is -0.144. The topological polar surface area (TPSA) is 412 Å². The Hall–Kier alpha value is -8.67. The number of hydrogen-bond acceptors (Lipinski definition) is 14. The first kappa shape index (κ1) is 56.2. The summed E-state index contributed by atoms with van der Waals surface area (Å²) >= 11 is 0. The number of carboxylic acid groups (broad SMARTS) is 4. The molecule has 5 amide bonds. The molecule has 392 valence electrons. The number of aromatic carboxylic acids is 1. The summed E-state index contributed by atoms with van der Waals surface area (Å²) in [6, 6.07) is 9.64. The van der Waals surface area contributed by atoms with E-state index in [0.717, 1.165) is 18.2 Å². The minimum Gasteiger partial charge on any atom is -0.508 e. The van der Waals surface area contributed by atoms with Crippen LogP contribution >= 0.6 is 7.82 Å². The number of phenolic OH excluding ortho intramolecular Hbond substituents is 1.